The zero-order valence-corrected chi connectivity index (χ0v) is 13.1. The van der Waals surface area contributed by atoms with E-state index in [1.807, 2.05) is 30.3 Å². The minimum absolute atomic E-state index is 0.0105. The lowest BCUT2D eigenvalue weighted by molar-refractivity contribution is -0.119. The van der Waals surface area contributed by atoms with Crippen LogP contribution in [-0.4, -0.2) is 29.1 Å². The quantitative estimate of drug-likeness (QED) is 0.772. The Morgan fingerprint density at radius 2 is 2.25 bits per heavy atom. The van der Waals surface area contributed by atoms with Crippen LogP contribution < -0.4 is 5.32 Å². The lowest BCUT2D eigenvalue weighted by Gasteiger charge is -2.09. The number of hydrogen-bond donors (Lipinski definition) is 2. The SMILES string of the molecule is CCCSCC(=O)NCC(O)c1cc2ccccc2s1. The van der Waals surface area contributed by atoms with Gasteiger partial charge in [0.1, 0.15) is 6.10 Å². The Balaban J connectivity index is 1.85. The molecule has 0 saturated carbocycles. The summed E-state index contributed by atoms with van der Waals surface area (Å²) in [6.07, 6.45) is 0.440. The van der Waals surface area contributed by atoms with E-state index in [1.165, 1.54) is 0 Å². The average Bonchev–Trinajstić information content (AvgIpc) is 2.89. The van der Waals surface area contributed by atoms with Gasteiger partial charge in [0.05, 0.1) is 5.75 Å². The van der Waals surface area contributed by atoms with Crippen LogP contribution in [-0.2, 0) is 4.79 Å². The molecule has 0 saturated heterocycles. The zero-order valence-electron chi connectivity index (χ0n) is 11.5. The van der Waals surface area contributed by atoms with Crippen molar-refractivity contribution in [2.45, 2.75) is 19.4 Å². The summed E-state index contributed by atoms with van der Waals surface area (Å²) in [5.74, 6) is 1.45. The number of benzene rings is 1. The van der Waals surface area contributed by atoms with Crippen LogP contribution in [0.1, 0.15) is 24.3 Å². The topological polar surface area (TPSA) is 49.3 Å². The van der Waals surface area contributed by atoms with E-state index in [9.17, 15) is 9.90 Å². The molecule has 0 radical (unpaired) electrons. The molecule has 1 aromatic heterocycles. The first-order valence-corrected chi connectivity index (χ1v) is 8.68. The molecule has 0 aliphatic carbocycles. The normalized spacial score (nSPS) is 12.5. The lowest BCUT2D eigenvalue weighted by Crippen LogP contribution is -2.29. The fraction of sp³-hybridized carbons (Fsp3) is 0.400. The summed E-state index contributed by atoms with van der Waals surface area (Å²) in [6, 6.07) is 10.0. The van der Waals surface area contributed by atoms with Crippen molar-refractivity contribution in [3.05, 3.63) is 35.2 Å². The maximum atomic E-state index is 11.6. The molecule has 3 nitrogen and oxygen atoms in total. The summed E-state index contributed by atoms with van der Waals surface area (Å²) in [6.45, 7) is 2.37. The van der Waals surface area contributed by atoms with Crippen molar-refractivity contribution in [3.63, 3.8) is 0 Å². The number of thiophene rings is 1. The second-order valence-electron chi connectivity index (χ2n) is 4.56. The van der Waals surface area contributed by atoms with Crippen molar-refractivity contribution in [2.75, 3.05) is 18.1 Å². The third-order valence-electron chi connectivity index (χ3n) is 2.85. The van der Waals surface area contributed by atoms with Crippen LogP contribution in [0.15, 0.2) is 30.3 Å². The first-order chi connectivity index (χ1) is 9.70. The monoisotopic (exact) mass is 309 g/mol. The Hall–Kier alpha value is -1.04. The van der Waals surface area contributed by atoms with E-state index in [1.54, 1.807) is 23.1 Å². The third kappa shape index (κ3) is 4.23. The Labute approximate surface area is 127 Å². The van der Waals surface area contributed by atoms with Crippen LogP contribution in [0.2, 0.25) is 0 Å². The van der Waals surface area contributed by atoms with E-state index in [0.717, 1.165) is 27.1 Å². The summed E-state index contributed by atoms with van der Waals surface area (Å²) in [5, 5.41) is 14.0. The van der Waals surface area contributed by atoms with Crippen LogP contribution in [0.3, 0.4) is 0 Å². The van der Waals surface area contributed by atoms with Crippen molar-refractivity contribution < 1.29 is 9.90 Å². The van der Waals surface area contributed by atoms with Crippen LogP contribution in [0, 0.1) is 0 Å². The molecule has 1 unspecified atom stereocenters. The Morgan fingerprint density at radius 1 is 1.45 bits per heavy atom. The number of nitrogens with one attached hydrogen (secondary N) is 1. The predicted octanol–water partition coefficient (Wildman–Crippen LogP) is 3.19. The minimum atomic E-state index is -0.632. The fourth-order valence-corrected chi connectivity index (χ4v) is 3.61. The van der Waals surface area contributed by atoms with Gasteiger partial charge in [0.15, 0.2) is 0 Å². The maximum Gasteiger partial charge on any atom is 0.230 e. The molecule has 1 amide bonds. The fourth-order valence-electron chi connectivity index (χ4n) is 1.84. The van der Waals surface area contributed by atoms with Crippen molar-refractivity contribution >= 4 is 39.1 Å². The number of aliphatic hydroxyl groups excluding tert-OH is 1. The van der Waals surface area contributed by atoms with Crippen LogP contribution in [0.4, 0.5) is 0 Å². The molecule has 0 aliphatic rings. The van der Waals surface area contributed by atoms with E-state index < -0.39 is 6.10 Å². The summed E-state index contributed by atoms with van der Waals surface area (Å²) in [7, 11) is 0. The first-order valence-electron chi connectivity index (χ1n) is 6.71. The second kappa shape index (κ2) is 7.67. The third-order valence-corrected chi connectivity index (χ3v) is 5.23. The van der Waals surface area contributed by atoms with Gasteiger partial charge < -0.3 is 10.4 Å². The molecule has 1 atom stereocenters. The number of fused-ring (bicyclic) bond motifs is 1. The standard InChI is InChI=1S/C15H19NO2S2/c1-2-7-19-10-15(18)16-9-12(17)14-8-11-5-3-4-6-13(11)20-14/h3-6,8,12,17H,2,7,9-10H2,1H3,(H,16,18). The van der Waals surface area contributed by atoms with Crippen molar-refractivity contribution in [1.29, 1.82) is 0 Å². The van der Waals surface area contributed by atoms with Gasteiger partial charge >= 0.3 is 0 Å². The van der Waals surface area contributed by atoms with E-state index in [0.29, 0.717) is 5.75 Å². The van der Waals surface area contributed by atoms with Gasteiger partial charge in [0.2, 0.25) is 5.91 Å². The van der Waals surface area contributed by atoms with E-state index in [2.05, 4.69) is 12.2 Å². The van der Waals surface area contributed by atoms with Crippen LogP contribution in [0.5, 0.6) is 0 Å². The number of thioether (sulfide) groups is 1. The average molecular weight is 309 g/mol. The molecule has 20 heavy (non-hydrogen) atoms. The zero-order chi connectivity index (χ0) is 14.4. The van der Waals surface area contributed by atoms with Gasteiger partial charge in [-0.05, 0) is 29.7 Å². The summed E-state index contributed by atoms with van der Waals surface area (Å²) >= 11 is 3.19. The Morgan fingerprint density at radius 3 is 3.00 bits per heavy atom. The van der Waals surface area contributed by atoms with Gasteiger partial charge in [-0.2, -0.15) is 11.8 Å². The largest absolute Gasteiger partial charge is 0.386 e. The van der Waals surface area contributed by atoms with Crippen molar-refractivity contribution in [2.24, 2.45) is 0 Å². The van der Waals surface area contributed by atoms with Gasteiger partial charge in [-0.15, -0.1) is 11.3 Å². The summed E-state index contributed by atoms with van der Waals surface area (Å²) < 4.78 is 1.16. The van der Waals surface area contributed by atoms with E-state index >= 15 is 0 Å². The number of amides is 1. The number of carbonyl (C=O) groups is 1. The van der Waals surface area contributed by atoms with Crippen LogP contribution in [0.25, 0.3) is 10.1 Å². The first kappa shape index (κ1) is 15.4. The molecule has 2 N–H and O–H groups in total. The number of carbonyl (C=O) groups excluding carboxylic acids is 1. The van der Waals surface area contributed by atoms with Crippen molar-refractivity contribution in [3.8, 4) is 0 Å². The Bertz CT molecular complexity index is 535. The summed E-state index contributed by atoms with van der Waals surface area (Å²) in [4.78, 5) is 12.5. The highest BCUT2D eigenvalue weighted by molar-refractivity contribution is 7.99. The predicted molar refractivity (Wildman–Crippen MR) is 87.4 cm³/mol. The molecule has 0 spiro atoms. The second-order valence-corrected chi connectivity index (χ2v) is 6.78. The van der Waals surface area contributed by atoms with Crippen LogP contribution >= 0.6 is 23.1 Å². The highest BCUT2D eigenvalue weighted by atomic mass is 32.2. The highest BCUT2D eigenvalue weighted by Crippen LogP contribution is 2.29. The molecule has 1 heterocycles. The molecule has 5 heteroatoms. The maximum absolute atomic E-state index is 11.6. The lowest BCUT2D eigenvalue weighted by atomic mass is 10.2. The van der Waals surface area contributed by atoms with Gasteiger partial charge in [-0.25, -0.2) is 0 Å². The van der Waals surface area contributed by atoms with Crippen molar-refractivity contribution in [1.82, 2.24) is 5.32 Å². The van der Waals surface area contributed by atoms with Gasteiger partial charge in [-0.1, -0.05) is 25.1 Å². The summed E-state index contributed by atoms with van der Waals surface area (Å²) in [5.41, 5.74) is 0. The Kier molecular flexibility index (Phi) is 5.88. The molecule has 0 bridgehead atoms. The number of aliphatic hydroxyl groups is 1. The van der Waals surface area contributed by atoms with Gasteiger partial charge in [-0.3, -0.25) is 4.79 Å². The molecule has 2 rings (SSSR count). The van der Waals surface area contributed by atoms with E-state index in [4.69, 9.17) is 0 Å². The molecule has 0 aliphatic heterocycles. The molecule has 2 aromatic rings. The smallest absolute Gasteiger partial charge is 0.230 e. The van der Waals surface area contributed by atoms with Gasteiger partial charge in [0.25, 0.3) is 0 Å². The van der Waals surface area contributed by atoms with E-state index in [-0.39, 0.29) is 12.5 Å². The molecule has 0 fully saturated rings. The molecule has 108 valence electrons. The molecule has 1 aromatic carbocycles. The highest BCUT2D eigenvalue weighted by Gasteiger charge is 2.12. The minimum Gasteiger partial charge on any atom is -0.386 e. The molecular weight excluding hydrogens is 290 g/mol. The molecular formula is C15H19NO2S2. The number of rotatable bonds is 7. The number of hydrogen-bond acceptors (Lipinski definition) is 4. The van der Waals surface area contributed by atoms with Gasteiger partial charge in [0, 0.05) is 16.1 Å².